The first kappa shape index (κ1) is 39.1. The highest BCUT2D eigenvalue weighted by Crippen LogP contribution is 2.42. The number of piperazine rings is 1. The molecule has 1 fully saturated rings. The van der Waals surface area contributed by atoms with E-state index in [0.29, 0.717) is 76.6 Å². The number of benzene rings is 3. The fourth-order valence-electron chi connectivity index (χ4n) is 5.77. The third kappa shape index (κ3) is 9.30. The number of ether oxygens (including phenoxy) is 6. The molecule has 282 valence electrons. The number of nitrogens with zero attached hydrogens (tertiary/aromatic N) is 3. The maximum atomic E-state index is 13.3. The Hall–Kier alpha value is -5.07. The average molecular weight is 768 g/mol. The number of anilines is 1. The van der Waals surface area contributed by atoms with Crippen molar-refractivity contribution in [1.82, 2.24) is 14.8 Å². The molecule has 4 aromatic rings. The molecule has 1 saturated heterocycles. The molecule has 1 aliphatic rings. The van der Waals surface area contributed by atoms with Gasteiger partial charge in [-0.05, 0) is 63.6 Å². The molecule has 1 atom stereocenters. The van der Waals surface area contributed by atoms with Gasteiger partial charge in [-0.1, -0.05) is 35.3 Å². The predicted octanol–water partition coefficient (Wildman–Crippen LogP) is 8.08. The second-order valence-corrected chi connectivity index (χ2v) is 14.1. The first-order valence-corrected chi connectivity index (χ1v) is 17.7. The number of carbonyl (C=O) groups excluding carboxylic acids is 2. The molecule has 0 spiro atoms. The topological polar surface area (TPSA) is 135 Å². The van der Waals surface area contributed by atoms with E-state index in [2.05, 4.69) is 4.98 Å². The van der Waals surface area contributed by atoms with Crippen molar-refractivity contribution in [2.45, 2.75) is 46.0 Å². The van der Waals surface area contributed by atoms with E-state index < -0.39 is 11.7 Å². The largest absolute Gasteiger partial charge is 0.496 e. The zero-order valence-electron chi connectivity index (χ0n) is 30.8. The summed E-state index contributed by atoms with van der Waals surface area (Å²) in [6.07, 6.45) is 0.607. The normalized spacial score (nSPS) is 13.6. The van der Waals surface area contributed by atoms with Crippen LogP contribution in [0.25, 0.3) is 11.1 Å². The number of nitrogen functional groups attached to an aromatic ring is 1. The molecule has 0 aliphatic carbocycles. The highest BCUT2D eigenvalue weighted by atomic mass is 35.5. The summed E-state index contributed by atoms with van der Waals surface area (Å²) >= 11 is 13.5. The molecule has 5 rings (SSSR count). The van der Waals surface area contributed by atoms with E-state index in [1.54, 1.807) is 86.7 Å². The van der Waals surface area contributed by atoms with Crippen LogP contribution in [0.15, 0.2) is 60.8 Å². The Bertz CT molecular complexity index is 1920. The standard InChI is InChI=1S/C39H44Cl2N4O8/c1-23(34-29(40)12-13-30(35(34)41)51-22-28-31(49-6)19-27(48-5)20-32(28)50-7)52-33-18-26(21-43-36(33)42)24-8-10-25(11-9-24)37(46)44-14-16-45(17-15-44)38(47)53-39(2,3)4/h8-13,18-21,23H,14-17,22H2,1-7H3,(H2,42,43). The fraction of sp³-hybridized carbons (Fsp3) is 0.359. The van der Waals surface area contributed by atoms with Gasteiger partial charge in [0.15, 0.2) is 11.6 Å². The number of hydrogen-bond acceptors (Lipinski definition) is 10. The first-order valence-electron chi connectivity index (χ1n) is 16.9. The Labute approximate surface area is 319 Å². The number of carbonyl (C=O) groups is 2. The van der Waals surface area contributed by atoms with Crippen molar-refractivity contribution in [1.29, 1.82) is 0 Å². The number of hydrogen-bond donors (Lipinski definition) is 1. The van der Waals surface area contributed by atoms with E-state index in [1.807, 2.05) is 32.9 Å². The van der Waals surface area contributed by atoms with Gasteiger partial charge in [-0.25, -0.2) is 9.78 Å². The van der Waals surface area contributed by atoms with Crippen LogP contribution in [0.4, 0.5) is 10.6 Å². The van der Waals surface area contributed by atoms with Gasteiger partial charge < -0.3 is 44.0 Å². The highest BCUT2D eigenvalue weighted by molar-refractivity contribution is 6.37. The van der Waals surface area contributed by atoms with Crippen LogP contribution < -0.4 is 29.4 Å². The zero-order chi connectivity index (χ0) is 38.4. The molecule has 2 amide bonds. The molecule has 1 aliphatic heterocycles. The van der Waals surface area contributed by atoms with Crippen molar-refractivity contribution in [3.63, 3.8) is 0 Å². The predicted molar refractivity (Wildman–Crippen MR) is 204 cm³/mol. The Morgan fingerprint density at radius 1 is 0.830 bits per heavy atom. The van der Waals surface area contributed by atoms with Gasteiger partial charge in [-0.2, -0.15) is 0 Å². The van der Waals surface area contributed by atoms with E-state index in [9.17, 15) is 9.59 Å². The van der Waals surface area contributed by atoms with Gasteiger partial charge >= 0.3 is 6.09 Å². The van der Waals surface area contributed by atoms with E-state index in [1.165, 1.54) is 0 Å². The van der Waals surface area contributed by atoms with Crippen LogP contribution in [0.1, 0.15) is 55.3 Å². The Morgan fingerprint density at radius 3 is 2.04 bits per heavy atom. The zero-order valence-corrected chi connectivity index (χ0v) is 32.3. The van der Waals surface area contributed by atoms with Gasteiger partial charge in [0.25, 0.3) is 5.91 Å². The molecule has 12 nitrogen and oxygen atoms in total. The molecule has 0 radical (unpaired) electrons. The molecule has 0 saturated carbocycles. The summed E-state index contributed by atoms with van der Waals surface area (Å²) in [5.74, 6) is 2.40. The van der Waals surface area contributed by atoms with Gasteiger partial charge in [0.1, 0.15) is 41.3 Å². The van der Waals surface area contributed by atoms with Crippen molar-refractivity contribution < 1.29 is 38.0 Å². The highest BCUT2D eigenvalue weighted by Gasteiger charge is 2.28. The molecule has 1 aromatic heterocycles. The smallest absolute Gasteiger partial charge is 0.410 e. The number of methoxy groups -OCH3 is 3. The molecule has 1 unspecified atom stereocenters. The monoisotopic (exact) mass is 766 g/mol. The molecular weight excluding hydrogens is 723 g/mol. The number of nitrogens with two attached hydrogens (primary N) is 1. The summed E-state index contributed by atoms with van der Waals surface area (Å²) in [6, 6.07) is 15.8. The Kier molecular flexibility index (Phi) is 12.4. The van der Waals surface area contributed by atoms with E-state index >= 15 is 0 Å². The van der Waals surface area contributed by atoms with Gasteiger partial charge in [0, 0.05) is 66.2 Å². The number of rotatable bonds is 11. The summed E-state index contributed by atoms with van der Waals surface area (Å²) in [5.41, 5.74) is 8.89. The summed E-state index contributed by atoms with van der Waals surface area (Å²) < 4.78 is 34.3. The molecule has 0 bridgehead atoms. The van der Waals surface area contributed by atoms with Gasteiger partial charge in [0.05, 0.1) is 31.9 Å². The van der Waals surface area contributed by atoms with E-state index in [-0.39, 0.29) is 29.4 Å². The first-order chi connectivity index (χ1) is 25.2. The van der Waals surface area contributed by atoms with Crippen molar-refractivity contribution in [2.75, 3.05) is 53.2 Å². The van der Waals surface area contributed by atoms with E-state index in [4.69, 9.17) is 57.4 Å². The quantitative estimate of drug-likeness (QED) is 0.160. The Balaban J connectivity index is 1.27. The van der Waals surface area contributed by atoms with Crippen molar-refractivity contribution in [3.8, 4) is 39.9 Å². The molecular formula is C39H44Cl2N4O8. The lowest BCUT2D eigenvalue weighted by molar-refractivity contribution is 0.0141. The molecule has 2 heterocycles. The van der Waals surface area contributed by atoms with Crippen molar-refractivity contribution >= 4 is 41.0 Å². The van der Waals surface area contributed by atoms with Crippen molar-refractivity contribution in [3.05, 3.63) is 87.5 Å². The lowest BCUT2D eigenvalue weighted by Crippen LogP contribution is -2.51. The number of pyridine rings is 1. The lowest BCUT2D eigenvalue weighted by atomic mass is 10.0. The minimum Gasteiger partial charge on any atom is -0.496 e. The van der Waals surface area contributed by atoms with Crippen LogP contribution in [0.2, 0.25) is 10.0 Å². The number of amides is 2. The Morgan fingerprint density at radius 2 is 1.45 bits per heavy atom. The van der Waals surface area contributed by atoms with Gasteiger partial charge in [0.2, 0.25) is 0 Å². The summed E-state index contributed by atoms with van der Waals surface area (Å²) in [5, 5.41) is 0.647. The van der Waals surface area contributed by atoms with Crippen LogP contribution in [-0.4, -0.2) is 79.9 Å². The number of aromatic nitrogens is 1. The molecule has 2 N–H and O–H groups in total. The third-order valence-electron chi connectivity index (χ3n) is 8.56. The van der Waals surface area contributed by atoms with Gasteiger partial charge in [-0.3, -0.25) is 4.79 Å². The SMILES string of the molecule is COc1cc(OC)c(COc2ccc(Cl)c(C(C)Oc3cc(-c4ccc(C(=O)N5CCN(C(=O)OC(C)(C)C)CC5)cc4)cnc3N)c2Cl)c(OC)c1. The summed E-state index contributed by atoms with van der Waals surface area (Å²) in [6.45, 7) is 8.99. The van der Waals surface area contributed by atoms with Crippen LogP contribution >= 0.6 is 23.2 Å². The second-order valence-electron chi connectivity index (χ2n) is 13.3. The second kappa shape index (κ2) is 16.7. The van der Waals surface area contributed by atoms with Crippen LogP contribution in [0.5, 0.6) is 28.7 Å². The summed E-state index contributed by atoms with van der Waals surface area (Å²) in [7, 11) is 4.67. The molecule has 53 heavy (non-hydrogen) atoms. The van der Waals surface area contributed by atoms with Crippen LogP contribution in [0, 0.1) is 0 Å². The lowest BCUT2D eigenvalue weighted by Gasteiger charge is -2.35. The van der Waals surface area contributed by atoms with E-state index in [0.717, 1.165) is 11.1 Å². The minimum atomic E-state index is -0.654. The van der Waals surface area contributed by atoms with Crippen LogP contribution in [-0.2, 0) is 11.3 Å². The average Bonchev–Trinajstić information content (AvgIpc) is 3.14. The molecule has 14 heteroatoms. The maximum Gasteiger partial charge on any atom is 0.410 e. The van der Waals surface area contributed by atoms with Gasteiger partial charge in [-0.15, -0.1) is 0 Å². The minimum absolute atomic E-state index is 0.0837. The van der Waals surface area contributed by atoms with Crippen LogP contribution in [0.3, 0.4) is 0 Å². The molecule has 3 aromatic carbocycles. The maximum absolute atomic E-state index is 13.3. The number of halogens is 2. The third-order valence-corrected chi connectivity index (χ3v) is 9.28. The van der Waals surface area contributed by atoms with Crippen molar-refractivity contribution in [2.24, 2.45) is 0 Å². The fourth-order valence-corrected chi connectivity index (χ4v) is 6.50. The summed E-state index contributed by atoms with van der Waals surface area (Å²) in [4.78, 5) is 33.4.